The lowest BCUT2D eigenvalue weighted by molar-refractivity contribution is 0.102. The zero-order valence-electron chi connectivity index (χ0n) is 17.0. The van der Waals surface area contributed by atoms with Crippen molar-refractivity contribution < 1.29 is 9.53 Å². The summed E-state index contributed by atoms with van der Waals surface area (Å²) >= 11 is 0. The van der Waals surface area contributed by atoms with Crippen LogP contribution in [0.25, 0.3) is 0 Å². The maximum Gasteiger partial charge on any atom is 0.276 e. The maximum atomic E-state index is 12.6. The third-order valence-electron chi connectivity index (χ3n) is 4.43. The average molecular weight is 390 g/mol. The van der Waals surface area contributed by atoms with Crippen LogP contribution in [0.4, 0.5) is 11.5 Å². The van der Waals surface area contributed by atoms with Crippen molar-refractivity contribution in [3.63, 3.8) is 0 Å². The minimum atomic E-state index is -0.324. The van der Waals surface area contributed by atoms with Crippen molar-refractivity contribution in [1.82, 2.24) is 10.2 Å². The molecule has 6 heteroatoms. The van der Waals surface area contributed by atoms with Gasteiger partial charge in [-0.2, -0.15) is 0 Å². The van der Waals surface area contributed by atoms with Crippen molar-refractivity contribution in [3.05, 3.63) is 78.0 Å². The van der Waals surface area contributed by atoms with E-state index in [2.05, 4.69) is 46.4 Å². The summed E-state index contributed by atoms with van der Waals surface area (Å²) in [6.45, 7) is 7.36. The molecule has 29 heavy (non-hydrogen) atoms. The Hall–Kier alpha value is -3.41. The molecule has 0 spiro atoms. The molecule has 0 radical (unpaired) electrons. The molecule has 0 aliphatic rings. The van der Waals surface area contributed by atoms with Crippen molar-refractivity contribution in [2.75, 3.05) is 16.8 Å². The largest absolute Gasteiger partial charge is 0.492 e. The predicted octanol–water partition coefficient (Wildman–Crippen LogP) is 4.54. The van der Waals surface area contributed by atoms with Gasteiger partial charge in [-0.25, -0.2) is 0 Å². The second-order valence-electron chi connectivity index (χ2n) is 6.87. The molecule has 1 N–H and O–H groups in total. The lowest BCUT2D eigenvalue weighted by atomic mass is 10.2. The number of para-hydroxylation sites is 2. The number of carbonyl (C=O) groups excluding carboxylic acids is 1. The topological polar surface area (TPSA) is 67.3 Å². The fraction of sp³-hybridized carbons (Fsp3) is 0.261. The zero-order valence-corrected chi connectivity index (χ0v) is 17.0. The normalized spacial score (nSPS) is 10.6. The SMILES string of the molecule is CCOc1ccccc1NC(=O)c1ccc(N(Cc2ccccc2)C(C)C)nn1. The molecule has 1 aromatic heterocycles. The fourth-order valence-corrected chi connectivity index (χ4v) is 2.95. The van der Waals surface area contributed by atoms with Crippen LogP contribution in [0.3, 0.4) is 0 Å². The Kier molecular flexibility index (Phi) is 6.79. The smallest absolute Gasteiger partial charge is 0.276 e. The molecule has 1 heterocycles. The maximum absolute atomic E-state index is 12.6. The van der Waals surface area contributed by atoms with Gasteiger partial charge >= 0.3 is 0 Å². The van der Waals surface area contributed by atoms with Gasteiger partial charge in [0.25, 0.3) is 5.91 Å². The molecule has 1 amide bonds. The van der Waals surface area contributed by atoms with E-state index in [0.29, 0.717) is 18.0 Å². The minimum absolute atomic E-state index is 0.238. The van der Waals surface area contributed by atoms with E-state index < -0.39 is 0 Å². The van der Waals surface area contributed by atoms with E-state index in [1.54, 1.807) is 12.1 Å². The lowest BCUT2D eigenvalue weighted by Gasteiger charge is -2.27. The van der Waals surface area contributed by atoms with E-state index in [0.717, 1.165) is 12.4 Å². The van der Waals surface area contributed by atoms with E-state index in [1.165, 1.54) is 5.56 Å². The second kappa shape index (κ2) is 9.68. The summed E-state index contributed by atoms with van der Waals surface area (Å²) in [5.41, 5.74) is 2.05. The molecule has 0 aliphatic heterocycles. The highest BCUT2D eigenvalue weighted by Gasteiger charge is 2.16. The van der Waals surface area contributed by atoms with Gasteiger partial charge in [0.15, 0.2) is 11.5 Å². The monoisotopic (exact) mass is 390 g/mol. The van der Waals surface area contributed by atoms with Gasteiger partial charge in [0.2, 0.25) is 0 Å². The summed E-state index contributed by atoms with van der Waals surface area (Å²) in [4.78, 5) is 14.7. The molecular weight excluding hydrogens is 364 g/mol. The standard InChI is InChI=1S/C23H26N4O2/c1-4-29-21-13-9-8-12-19(21)24-23(28)20-14-15-22(26-25-20)27(17(2)3)16-18-10-6-5-7-11-18/h5-15,17H,4,16H2,1-3H3,(H,24,28). The predicted molar refractivity (Wildman–Crippen MR) is 115 cm³/mol. The van der Waals surface area contributed by atoms with Gasteiger partial charge in [0.1, 0.15) is 5.75 Å². The van der Waals surface area contributed by atoms with Gasteiger partial charge in [0, 0.05) is 12.6 Å². The molecule has 0 unspecified atom stereocenters. The fourth-order valence-electron chi connectivity index (χ4n) is 2.95. The van der Waals surface area contributed by atoms with Crippen LogP contribution >= 0.6 is 0 Å². The Morgan fingerprint density at radius 2 is 1.72 bits per heavy atom. The van der Waals surface area contributed by atoms with Crippen LogP contribution in [-0.2, 0) is 6.54 Å². The van der Waals surface area contributed by atoms with Crippen molar-refractivity contribution in [3.8, 4) is 5.75 Å². The lowest BCUT2D eigenvalue weighted by Crippen LogP contribution is -2.31. The zero-order chi connectivity index (χ0) is 20.6. The highest BCUT2D eigenvalue weighted by molar-refractivity contribution is 6.03. The van der Waals surface area contributed by atoms with Crippen molar-refractivity contribution in [1.29, 1.82) is 0 Å². The molecule has 0 atom stereocenters. The number of carbonyl (C=O) groups is 1. The van der Waals surface area contributed by atoms with Gasteiger partial charge in [-0.15, -0.1) is 10.2 Å². The van der Waals surface area contributed by atoms with Crippen LogP contribution < -0.4 is 15.0 Å². The molecule has 3 aromatic rings. The molecule has 0 aliphatic carbocycles. The Morgan fingerprint density at radius 3 is 2.38 bits per heavy atom. The Morgan fingerprint density at radius 1 is 1.00 bits per heavy atom. The minimum Gasteiger partial charge on any atom is -0.492 e. The number of benzene rings is 2. The molecule has 2 aromatic carbocycles. The number of anilines is 2. The Bertz CT molecular complexity index is 927. The highest BCUT2D eigenvalue weighted by Crippen LogP contribution is 2.24. The number of nitrogens with one attached hydrogen (secondary N) is 1. The van der Waals surface area contributed by atoms with Gasteiger partial charge in [-0.05, 0) is 50.6 Å². The number of ether oxygens (including phenoxy) is 1. The van der Waals surface area contributed by atoms with Crippen LogP contribution in [0.5, 0.6) is 5.75 Å². The van der Waals surface area contributed by atoms with E-state index in [9.17, 15) is 4.79 Å². The molecule has 6 nitrogen and oxygen atoms in total. The molecule has 0 bridgehead atoms. The van der Waals surface area contributed by atoms with Crippen LogP contribution in [0.2, 0.25) is 0 Å². The first-order chi connectivity index (χ1) is 14.1. The van der Waals surface area contributed by atoms with Crippen molar-refractivity contribution >= 4 is 17.4 Å². The number of aromatic nitrogens is 2. The molecule has 3 rings (SSSR count). The third-order valence-corrected chi connectivity index (χ3v) is 4.43. The summed E-state index contributed by atoms with van der Waals surface area (Å²) in [6.07, 6.45) is 0. The Balaban J connectivity index is 1.74. The van der Waals surface area contributed by atoms with Crippen LogP contribution in [0.1, 0.15) is 36.8 Å². The summed E-state index contributed by atoms with van der Waals surface area (Å²) in [5, 5.41) is 11.3. The molecule has 150 valence electrons. The first-order valence-electron chi connectivity index (χ1n) is 9.76. The number of amides is 1. The first kappa shape index (κ1) is 20.3. The quantitative estimate of drug-likeness (QED) is 0.611. The number of nitrogens with zero attached hydrogens (tertiary/aromatic N) is 3. The number of rotatable bonds is 8. The second-order valence-corrected chi connectivity index (χ2v) is 6.87. The third kappa shape index (κ3) is 5.31. The van der Waals surface area contributed by atoms with E-state index in [4.69, 9.17) is 4.74 Å². The van der Waals surface area contributed by atoms with Gasteiger partial charge in [-0.1, -0.05) is 42.5 Å². The average Bonchev–Trinajstić information content (AvgIpc) is 2.74. The molecule has 0 saturated carbocycles. The van der Waals surface area contributed by atoms with E-state index in [-0.39, 0.29) is 17.6 Å². The number of hydrogen-bond acceptors (Lipinski definition) is 5. The van der Waals surface area contributed by atoms with Crippen LogP contribution in [-0.4, -0.2) is 28.8 Å². The van der Waals surface area contributed by atoms with Gasteiger partial charge in [0.05, 0.1) is 12.3 Å². The molecule has 0 fully saturated rings. The molecule has 0 saturated heterocycles. The van der Waals surface area contributed by atoms with Gasteiger partial charge in [-0.3, -0.25) is 4.79 Å². The highest BCUT2D eigenvalue weighted by atomic mass is 16.5. The molecular formula is C23H26N4O2. The van der Waals surface area contributed by atoms with Crippen LogP contribution in [0, 0.1) is 0 Å². The van der Waals surface area contributed by atoms with Crippen LogP contribution in [0.15, 0.2) is 66.7 Å². The summed E-state index contributed by atoms with van der Waals surface area (Å²) in [6, 6.07) is 21.3. The van der Waals surface area contributed by atoms with E-state index >= 15 is 0 Å². The van der Waals surface area contributed by atoms with Gasteiger partial charge < -0.3 is 15.0 Å². The van der Waals surface area contributed by atoms with Crippen molar-refractivity contribution in [2.45, 2.75) is 33.4 Å². The van der Waals surface area contributed by atoms with Crippen molar-refractivity contribution in [2.24, 2.45) is 0 Å². The van der Waals surface area contributed by atoms with E-state index in [1.807, 2.05) is 49.4 Å². The number of hydrogen-bond donors (Lipinski definition) is 1. The first-order valence-corrected chi connectivity index (χ1v) is 9.76. The Labute approximate surface area is 171 Å². The summed E-state index contributed by atoms with van der Waals surface area (Å²) in [7, 11) is 0. The summed E-state index contributed by atoms with van der Waals surface area (Å²) < 4.78 is 5.55. The summed E-state index contributed by atoms with van der Waals surface area (Å²) in [5.74, 6) is 1.03.